The maximum Gasteiger partial charge on any atom is 0.237 e. The first-order valence-electron chi connectivity index (χ1n) is 5.81. The second-order valence-corrected chi connectivity index (χ2v) is 4.98. The number of para-hydroxylation sites is 1. The molecule has 0 saturated carbocycles. The van der Waals surface area contributed by atoms with Crippen LogP contribution in [0.25, 0.3) is 0 Å². The van der Waals surface area contributed by atoms with Gasteiger partial charge in [0.05, 0.1) is 5.25 Å². The number of nitrogens with one attached hydrogen (secondary N) is 2. The van der Waals surface area contributed by atoms with Gasteiger partial charge < -0.3 is 10.6 Å². The van der Waals surface area contributed by atoms with Crippen LogP contribution in [0.15, 0.2) is 24.3 Å². The molecule has 1 amide bonds. The van der Waals surface area contributed by atoms with Crippen LogP contribution in [0, 0.1) is 0 Å². The van der Waals surface area contributed by atoms with Crippen LogP contribution < -0.4 is 10.6 Å². The van der Waals surface area contributed by atoms with Crippen LogP contribution in [0.3, 0.4) is 0 Å². The van der Waals surface area contributed by atoms with E-state index in [1.54, 1.807) is 11.8 Å². The molecule has 1 unspecified atom stereocenters. The summed E-state index contributed by atoms with van der Waals surface area (Å²) >= 11 is 1.55. The molecule has 1 aromatic carbocycles. The highest BCUT2D eigenvalue weighted by Gasteiger charge is 2.12. The van der Waals surface area contributed by atoms with E-state index in [4.69, 9.17) is 0 Å². The summed E-state index contributed by atoms with van der Waals surface area (Å²) in [5.41, 5.74) is 2.02. The molecule has 0 heterocycles. The van der Waals surface area contributed by atoms with Gasteiger partial charge in [0.15, 0.2) is 0 Å². The first kappa shape index (κ1) is 17.3. The van der Waals surface area contributed by atoms with E-state index in [0.717, 1.165) is 24.3 Å². The summed E-state index contributed by atoms with van der Waals surface area (Å²) in [6.45, 7) is 5.67. The lowest BCUT2D eigenvalue weighted by molar-refractivity contribution is -0.115. The van der Waals surface area contributed by atoms with Crippen molar-refractivity contribution in [3.05, 3.63) is 29.8 Å². The molecule has 1 aromatic rings. The molecule has 102 valence electrons. The van der Waals surface area contributed by atoms with Crippen molar-refractivity contribution in [3.8, 4) is 0 Å². The average molecular weight is 289 g/mol. The highest BCUT2D eigenvalue weighted by Crippen LogP contribution is 2.16. The zero-order valence-electron chi connectivity index (χ0n) is 11.0. The van der Waals surface area contributed by atoms with Gasteiger partial charge in [0.1, 0.15) is 0 Å². The van der Waals surface area contributed by atoms with E-state index in [2.05, 4.69) is 17.6 Å². The van der Waals surface area contributed by atoms with Crippen LogP contribution in [0.2, 0.25) is 0 Å². The first-order chi connectivity index (χ1) is 8.19. The normalized spacial score (nSPS) is 11.5. The Kier molecular flexibility index (Phi) is 8.89. The monoisotopic (exact) mass is 288 g/mol. The molecule has 1 rings (SSSR count). The van der Waals surface area contributed by atoms with E-state index in [9.17, 15) is 4.79 Å². The Balaban J connectivity index is 0.00000289. The van der Waals surface area contributed by atoms with Crippen LogP contribution in [0.5, 0.6) is 0 Å². The third-order valence-corrected chi connectivity index (χ3v) is 3.48. The van der Waals surface area contributed by atoms with Crippen molar-refractivity contribution in [2.75, 3.05) is 18.1 Å². The minimum absolute atomic E-state index is 0. The van der Waals surface area contributed by atoms with Crippen LogP contribution in [0.1, 0.15) is 19.4 Å². The molecule has 18 heavy (non-hydrogen) atoms. The fourth-order valence-electron chi connectivity index (χ4n) is 1.40. The van der Waals surface area contributed by atoms with Crippen LogP contribution >= 0.6 is 24.2 Å². The minimum Gasteiger partial charge on any atom is -0.325 e. The summed E-state index contributed by atoms with van der Waals surface area (Å²) in [5.74, 6) is 0.0569. The van der Waals surface area contributed by atoms with Crippen molar-refractivity contribution in [2.24, 2.45) is 0 Å². The molecular formula is C13H21ClN2OS. The second-order valence-electron chi connectivity index (χ2n) is 3.80. The number of carbonyl (C=O) groups is 1. The molecule has 0 spiro atoms. The number of carbonyl (C=O) groups excluding carboxylic acids is 1. The van der Waals surface area contributed by atoms with E-state index >= 15 is 0 Å². The summed E-state index contributed by atoms with van der Waals surface area (Å²) < 4.78 is 0. The Bertz CT molecular complexity index is 374. The topological polar surface area (TPSA) is 41.1 Å². The Morgan fingerprint density at radius 2 is 2.06 bits per heavy atom. The molecule has 2 N–H and O–H groups in total. The van der Waals surface area contributed by atoms with Gasteiger partial charge in [-0.15, -0.1) is 12.4 Å². The largest absolute Gasteiger partial charge is 0.325 e. The van der Waals surface area contributed by atoms with Gasteiger partial charge in [-0.2, -0.15) is 11.8 Å². The van der Waals surface area contributed by atoms with Crippen molar-refractivity contribution >= 4 is 35.8 Å². The Hall–Kier alpha value is -0.710. The second kappa shape index (κ2) is 9.25. The highest BCUT2D eigenvalue weighted by molar-refractivity contribution is 7.99. The molecule has 0 aromatic heterocycles. The van der Waals surface area contributed by atoms with Gasteiger partial charge in [-0.1, -0.05) is 25.1 Å². The van der Waals surface area contributed by atoms with Gasteiger partial charge in [-0.25, -0.2) is 0 Å². The molecule has 1 atom stereocenters. The Labute approximate surface area is 120 Å². The van der Waals surface area contributed by atoms with Crippen molar-refractivity contribution < 1.29 is 4.79 Å². The summed E-state index contributed by atoms with van der Waals surface area (Å²) in [4.78, 5) is 11.8. The molecule has 5 heteroatoms. The SMILES string of the molecule is CCNCc1ccccc1NC(=O)C(C)SC.Cl. The molecular weight excluding hydrogens is 268 g/mol. The Morgan fingerprint density at radius 3 is 2.67 bits per heavy atom. The molecule has 0 saturated heterocycles. The minimum atomic E-state index is -0.0257. The van der Waals surface area contributed by atoms with E-state index in [1.807, 2.05) is 37.4 Å². The summed E-state index contributed by atoms with van der Waals surface area (Å²) in [7, 11) is 0. The van der Waals surface area contributed by atoms with E-state index < -0.39 is 0 Å². The lowest BCUT2D eigenvalue weighted by atomic mass is 10.1. The fourth-order valence-corrected chi connectivity index (χ4v) is 1.67. The van der Waals surface area contributed by atoms with Crippen LogP contribution in [-0.2, 0) is 11.3 Å². The van der Waals surface area contributed by atoms with E-state index in [-0.39, 0.29) is 23.6 Å². The van der Waals surface area contributed by atoms with Gasteiger partial charge in [0.25, 0.3) is 0 Å². The smallest absolute Gasteiger partial charge is 0.237 e. The number of thioether (sulfide) groups is 1. The molecule has 0 fully saturated rings. The van der Waals surface area contributed by atoms with Gasteiger partial charge in [0.2, 0.25) is 5.91 Å². The molecule has 0 aliphatic carbocycles. The number of hydrogen-bond donors (Lipinski definition) is 2. The fraction of sp³-hybridized carbons (Fsp3) is 0.462. The molecule has 0 aliphatic heterocycles. The molecule has 0 radical (unpaired) electrons. The number of anilines is 1. The zero-order chi connectivity index (χ0) is 12.7. The number of halogens is 1. The molecule has 3 nitrogen and oxygen atoms in total. The number of hydrogen-bond acceptors (Lipinski definition) is 3. The van der Waals surface area contributed by atoms with Gasteiger partial charge in [-0.3, -0.25) is 4.79 Å². The lowest BCUT2D eigenvalue weighted by Crippen LogP contribution is -2.23. The van der Waals surface area contributed by atoms with Crippen LogP contribution in [-0.4, -0.2) is 24.0 Å². The number of rotatable bonds is 6. The van der Waals surface area contributed by atoms with Gasteiger partial charge >= 0.3 is 0 Å². The molecule has 0 bridgehead atoms. The lowest BCUT2D eigenvalue weighted by Gasteiger charge is -2.13. The number of benzene rings is 1. The van der Waals surface area contributed by atoms with Crippen molar-refractivity contribution in [1.29, 1.82) is 0 Å². The summed E-state index contributed by atoms with van der Waals surface area (Å²) in [6.07, 6.45) is 1.94. The molecule has 0 aliphatic rings. The standard InChI is InChI=1S/C13H20N2OS.ClH/c1-4-14-9-11-7-5-6-8-12(11)15-13(16)10(2)17-3;/h5-8,10,14H,4,9H2,1-3H3,(H,15,16);1H. The van der Waals surface area contributed by atoms with Gasteiger partial charge in [0, 0.05) is 12.2 Å². The van der Waals surface area contributed by atoms with Gasteiger partial charge in [-0.05, 0) is 31.4 Å². The number of amides is 1. The summed E-state index contributed by atoms with van der Waals surface area (Å²) in [5, 5.41) is 6.21. The Morgan fingerprint density at radius 1 is 1.39 bits per heavy atom. The van der Waals surface area contributed by atoms with E-state index in [0.29, 0.717) is 0 Å². The van der Waals surface area contributed by atoms with E-state index in [1.165, 1.54) is 0 Å². The summed E-state index contributed by atoms with van der Waals surface area (Å²) in [6, 6.07) is 7.90. The predicted octanol–water partition coefficient (Wildman–Crippen LogP) is 2.91. The maximum atomic E-state index is 11.8. The third kappa shape index (κ3) is 5.29. The predicted molar refractivity (Wildman–Crippen MR) is 82.7 cm³/mol. The maximum absolute atomic E-state index is 11.8. The van der Waals surface area contributed by atoms with Crippen molar-refractivity contribution in [1.82, 2.24) is 5.32 Å². The van der Waals surface area contributed by atoms with Crippen molar-refractivity contribution in [3.63, 3.8) is 0 Å². The quantitative estimate of drug-likeness (QED) is 0.846. The highest BCUT2D eigenvalue weighted by atomic mass is 35.5. The zero-order valence-corrected chi connectivity index (χ0v) is 12.7. The van der Waals surface area contributed by atoms with Crippen LogP contribution in [0.4, 0.5) is 5.69 Å². The average Bonchev–Trinajstić information content (AvgIpc) is 2.36. The third-order valence-electron chi connectivity index (χ3n) is 2.56. The van der Waals surface area contributed by atoms with Crippen molar-refractivity contribution in [2.45, 2.75) is 25.6 Å². The first-order valence-corrected chi connectivity index (χ1v) is 7.10.